The van der Waals surface area contributed by atoms with Gasteiger partial charge in [0.1, 0.15) is 6.07 Å². The average molecular weight is 269 g/mol. The number of aromatic nitrogens is 2. The van der Waals surface area contributed by atoms with Crippen molar-refractivity contribution >= 4 is 17.2 Å². The molecular formula is C12H11N7O. The first-order valence-electron chi connectivity index (χ1n) is 5.59. The third kappa shape index (κ3) is 2.97. The van der Waals surface area contributed by atoms with E-state index < -0.39 is 5.84 Å². The summed E-state index contributed by atoms with van der Waals surface area (Å²) in [5.41, 5.74) is 9.04. The van der Waals surface area contributed by atoms with E-state index in [1.165, 1.54) is 0 Å². The number of nitrogens with one attached hydrogen (secondary N) is 2. The number of nitrogens with zero attached hydrogens (tertiary/aromatic N) is 4. The van der Waals surface area contributed by atoms with Gasteiger partial charge in [0.2, 0.25) is 17.5 Å². The lowest BCUT2D eigenvalue weighted by molar-refractivity contribution is 0.533. The van der Waals surface area contributed by atoms with Crippen LogP contribution < -0.4 is 11.2 Å². The quantitative estimate of drug-likeness (QED) is 0.434. The number of hydrazone groups is 1. The van der Waals surface area contributed by atoms with E-state index in [2.05, 4.69) is 20.7 Å². The molecular weight excluding hydrogens is 258 g/mol. The molecule has 0 spiro atoms. The van der Waals surface area contributed by atoms with Crippen molar-refractivity contribution in [3.8, 4) is 17.5 Å². The lowest BCUT2D eigenvalue weighted by atomic mass is 10.2. The van der Waals surface area contributed by atoms with Crippen LogP contribution in [0.25, 0.3) is 11.5 Å². The van der Waals surface area contributed by atoms with Crippen molar-refractivity contribution in [2.45, 2.75) is 6.92 Å². The van der Waals surface area contributed by atoms with Gasteiger partial charge in [0, 0.05) is 12.5 Å². The minimum Gasteiger partial charge on any atom is -0.421 e. The molecule has 2 rings (SSSR count). The fourth-order valence-corrected chi connectivity index (χ4v) is 1.37. The molecule has 4 N–H and O–H groups in total. The van der Waals surface area contributed by atoms with Gasteiger partial charge < -0.3 is 10.2 Å². The molecule has 0 radical (unpaired) electrons. The maximum atomic E-state index is 8.70. The van der Waals surface area contributed by atoms with Crippen molar-refractivity contribution in [2.24, 2.45) is 10.8 Å². The number of aryl methyl sites for hydroxylation is 1. The summed E-state index contributed by atoms with van der Waals surface area (Å²) in [5, 5.41) is 27.2. The molecule has 2 aromatic rings. The number of hydrogen-bond acceptors (Lipinski definition) is 7. The standard InChI is InChI=1S/C12H11N7O/c1-7-16-19-12(20-7)8-2-4-9(5-3-8)17-18-10(6-13)11(14)15/h2-5,17H,1H3,(H3,14,15)/b18-10+. The molecule has 0 saturated heterocycles. The van der Waals surface area contributed by atoms with Gasteiger partial charge in [0.25, 0.3) is 0 Å². The highest BCUT2D eigenvalue weighted by Crippen LogP contribution is 2.19. The lowest BCUT2D eigenvalue weighted by Gasteiger charge is -2.01. The second-order valence-corrected chi connectivity index (χ2v) is 3.80. The van der Waals surface area contributed by atoms with Crippen molar-refractivity contribution in [1.82, 2.24) is 10.2 Å². The fourth-order valence-electron chi connectivity index (χ4n) is 1.37. The molecule has 0 atom stereocenters. The molecule has 1 heterocycles. The minimum atomic E-state index is -0.391. The third-order valence-corrected chi connectivity index (χ3v) is 2.32. The van der Waals surface area contributed by atoms with Gasteiger partial charge in [-0.25, -0.2) is 0 Å². The summed E-state index contributed by atoms with van der Waals surface area (Å²) in [6.45, 7) is 1.71. The Morgan fingerprint density at radius 2 is 2.10 bits per heavy atom. The number of benzene rings is 1. The molecule has 0 saturated carbocycles. The van der Waals surface area contributed by atoms with Crippen LogP contribution in [0, 0.1) is 23.7 Å². The Balaban J connectivity index is 2.13. The van der Waals surface area contributed by atoms with Gasteiger partial charge in [-0.3, -0.25) is 10.8 Å². The minimum absolute atomic E-state index is 0.179. The van der Waals surface area contributed by atoms with E-state index >= 15 is 0 Å². The lowest BCUT2D eigenvalue weighted by Crippen LogP contribution is -2.21. The van der Waals surface area contributed by atoms with Gasteiger partial charge in [-0.15, -0.1) is 10.2 Å². The van der Waals surface area contributed by atoms with Gasteiger partial charge in [-0.2, -0.15) is 10.4 Å². The maximum Gasteiger partial charge on any atom is 0.247 e. The van der Waals surface area contributed by atoms with Crippen LogP contribution in [0.5, 0.6) is 0 Å². The van der Waals surface area contributed by atoms with Crippen LogP contribution in [0.15, 0.2) is 33.8 Å². The third-order valence-electron chi connectivity index (χ3n) is 2.32. The van der Waals surface area contributed by atoms with E-state index in [1.807, 2.05) is 0 Å². The number of amidine groups is 1. The van der Waals surface area contributed by atoms with Crippen LogP contribution in [0.3, 0.4) is 0 Å². The number of rotatable bonds is 4. The zero-order chi connectivity index (χ0) is 14.5. The molecule has 0 aliphatic rings. The molecule has 0 aliphatic carbocycles. The van der Waals surface area contributed by atoms with E-state index in [1.54, 1.807) is 37.3 Å². The number of anilines is 1. The molecule has 0 aliphatic heterocycles. The zero-order valence-corrected chi connectivity index (χ0v) is 10.6. The predicted molar refractivity (Wildman–Crippen MR) is 73.1 cm³/mol. The molecule has 0 fully saturated rings. The van der Waals surface area contributed by atoms with Gasteiger partial charge in [-0.1, -0.05) is 0 Å². The SMILES string of the molecule is Cc1nnc(-c2ccc(N/N=C(\C#N)C(=N)N)cc2)o1. The van der Waals surface area contributed by atoms with E-state index in [4.69, 9.17) is 20.8 Å². The van der Waals surface area contributed by atoms with Crippen LogP contribution in [-0.2, 0) is 0 Å². The van der Waals surface area contributed by atoms with Gasteiger partial charge in [0.15, 0.2) is 5.84 Å². The normalized spacial score (nSPS) is 10.9. The van der Waals surface area contributed by atoms with Gasteiger partial charge in [-0.05, 0) is 24.3 Å². The summed E-state index contributed by atoms with van der Waals surface area (Å²) >= 11 is 0. The molecule has 0 bridgehead atoms. The predicted octanol–water partition coefficient (Wildman–Crippen LogP) is 1.27. The fraction of sp³-hybridized carbons (Fsp3) is 0.0833. The number of nitriles is 1. The summed E-state index contributed by atoms with van der Waals surface area (Å²) in [5.74, 6) is 0.531. The summed E-state index contributed by atoms with van der Waals surface area (Å²) in [6.07, 6.45) is 0. The highest BCUT2D eigenvalue weighted by molar-refractivity contribution is 6.45. The molecule has 1 aromatic heterocycles. The second-order valence-electron chi connectivity index (χ2n) is 3.80. The van der Waals surface area contributed by atoms with Crippen LogP contribution in [-0.4, -0.2) is 21.7 Å². The summed E-state index contributed by atoms with van der Waals surface area (Å²) in [4.78, 5) is 0. The average Bonchev–Trinajstić information content (AvgIpc) is 2.86. The molecule has 8 heteroatoms. The van der Waals surface area contributed by atoms with Crippen LogP contribution in [0.1, 0.15) is 5.89 Å². The first kappa shape index (κ1) is 13.2. The Hall–Kier alpha value is -3.21. The smallest absolute Gasteiger partial charge is 0.247 e. The number of hydrogen-bond donors (Lipinski definition) is 3. The molecule has 8 nitrogen and oxygen atoms in total. The Kier molecular flexibility index (Phi) is 3.72. The van der Waals surface area contributed by atoms with Gasteiger partial charge >= 0.3 is 0 Å². The molecule has 0 amide bonds. The largest absolute Gasteiger partial charge is 0.421 e. The molecule has 1 aromatic carbocycles. The topological polar surface area (TPSA) is 137 Å². The summed E-state index contributed by atoms with van der Waals surface area (Å²) in [6, 6.07) is 8.71. The van der Waals surface area contributed by atoms with Crippen molar-refractivity contribution < 1.29 is 4.42 Å². The van der Waals surface area contributed by atoms with E-state index in [0.717, 1.165) is 5.56 Å². The van der Waals surface area contributed by atoms with Crippen LogP contribution in [0.4, 0.5) is 5.69 Å². The first-order chi connectivity index (χ1) is 9.60. The highest BCUT2D eigenvalue weighted by atomic mass is 16.4. The first-order valence-corrected chi connectivity index (χ1v) is 5.59. The van der Waals surface area contributed by atoms with E-state index in [9.17, 15) is 0 Å². The number of nitrogens with two attached hydrogens (primary N) is 1. The zero-order valence-electron chi connectivity index (χ0n) is 10.6. The maximum absolute atomic E-state index is 8.70. The van der Waals surface area contributed by atoms with Gasteiger partial charge in [0.05, 0.1) is 5.69 Å². The van der Waals surface area contributed by atoms with Crippen molar-refractivity contribution in [1.29, 1.82) is 10.7 Å². The van der Waals surface area contributed by atoms with Crippen molar-refractivity contribution in [2.75, 3.05) is 5.43 Å². The molecule has 100 valence electrons. The van der Waals surface area contributed by atoms with E-state index in [-0.39, 0.29) is 5.71 Å². The monoisotopic (exact) mass is 269 g/mol. The summed E-state index contributed by atoms with van der Waals surface area (Å²) in [7, 11) is 0. The van der Waals surface area contributed by atoms with E-state index in [0.29, 0.717) is 17.5 Å². The van der Waals surface area contributed by atoms with Crippen molar-refractivity contribution in [3.05, 3.63) is 30.2 Å². The Bertz CT molecular complexity index is 693. The second kappa shape index (κ2) is 5.62. The summed E-state index contributed by atoms with van der Waals surface area (Å²) < 4.78 is 5.30. The van der Waals surface area contributed by atoms with Crippen LogP contribution in [0.2, 0.25) is 0 Å². The highest BCUT2D eigenvalue weighted by Gasteiger charge is 2.05. The molecule has 0 unspecified atom stereocenters. The van der Waals surface area contributed by atoms with Crippen LogP contribution >= 0.6 is 0 Å². The Morgan fingerprint density at radius 3 is 2.60 bits per heavy atom. The Morgan fingerprint density at radius 1 is 1.40 bits per heavy atom. The Labute approximate surface area is 114 Å². The van der Waals surface area contributed by atoms with Crippen molar-refractivity contribution in [3.63, 3.8) is 0 Å². The molecule has 20 heavy (non-hydrogen) atoms.